The van der Waals surface area contributed by atoms with Crippen LogP contribution in [-0.2, 0) is 13.2 Å². The fraction of sp³-hybridized carbons (Fsp3) is 0.190. The van der Waals surface area contributed by atoms with Gasteiger partial charge in [-0.2, -0.15) is 0 Å². The molecule has 0 bridgehead atoms. The normalized spacial score (nSPS) is 10.3. The van der Waals surface area contributed by atoms with Crippen molar-refractivity contribution in [1.29, 1.82) is 0 Å². The van der Waals surface area contributed by atoms with Gasteiger partial charge in [-0.05, 0) is 11.1 Å². The molecule has 0 aliphatic carbocycles. The van der Waals surface area contributed by atoms with Crippen LogP contribution in [-0.4, -0.2) is 7.11 Å². The number of hydrogen-bond donors (Lipinski definition) is 0. The molecule has 1 aromatic heterocycles. The number of ether oxygens (including phenoxy) is 2. The number of nitrogens with zero attached hydrogens (tertiary/aromatic N) is 1. The van der Waals surface area contributed by atoms with Crippen LogP contribution in [0.1, 0.15) is 16.8 Å². The minimum atomic E-state index is 0.469. The first kappa shape index (κ1) is 16.8. The molecule has 0 saturated carbocycles. The molecule has 0 atom stereocenters. The molecule has 0 radical (unpaired) electrons. The second-order valence-electron chi connectivity index (χ2n) is 5.65. The van der Waals surface area contributed by atoms with E-state index in [0.29, 0.717) is 24.7 Å². The van der Waals surface area contributed by atoms with E-state index in [4.69, 9.17) is 14.3 Å². The summed E-state index contributed by atoms with van der Waals surface area (Å²) >= 11 is 0. The average Bonchev–Trinajstić information content (AvgIpc) is 2.67. The van der Waals surface area contributed by atoms with Gasteiger partial charge in [-0.3, -0.25) is 4.84 Å². The zero-order valence-electron chi connectivity index (χ0n) is 14.5. The lowest BCUT2D eigenvalue weighted by Crippen LogP contribution is -2.43. The molecule has 3 aromatic rings. The molecule has 0 saturated heterocycles. The summed E-state index contributed by atoms with van der Waals surface area (Å²) in [6.07, 6.45) is 1.82. The van der Waals surface area contributed by atoms with Gasteiger partial charge in [-0.15, -0.1) is 0 Å². The first-order chi connectivity index (χ1) is 12.3. The van der Waals surface area contributed by atoms with E-state index in [1.54, 1.807) is 11.8 Å². The van der Waals surface area contributed by atoms with Crippen LogP contribution in [0.5, 0.6) is 11.5 Å². The van der Waals surface area contributed by atoms with Crippen LogP contribution in [0.4, 0.5) is 0 Å². The third-order valence-electron chi connectivity index (χ3n) is 3.90. The molecule has 0 unspecified atom stereocenters. The van der Waals surface area contributed by atoms with Gasteiger partial charge in [0.05, 0.1) is 6.07 Å². The van der Waals surface area contributed by atoms with Gasteiger partial charge >= 0.3 is 0 Å². The van der Waals surface area contributed by atoms with Gasteiger partial charge in [0.25, 0.3) is 5.69 Å². The Morgan fingerprint density at radius 1 is 0.760 bits per heavy atom. The van der Waals surface area contributed by atoms with Crippen molar-refractivity contribution in [2.24, 2.45) is 0 Å². The molecular weight excluding hydrogens is 314 g/mol. The highest BCUT2D eigenvalue weighted by atomic mass is 16.6. The SMILES string of the molecule is CO[n+]1ccc(OCc2ccccc2)c(OCc2ccccc2)c1C. The molecule has 1 heterocycles. The van der Waals surface area contributed by atoms with E-state index in [0.717, 1.165) is 16.8 Å². The molecule has 0 spiro atoms. The fourth-order valence-electron chi connectivity index (χ4n) is 2.55. The molecule has 2 aromatic carbocycles. The number of hydrogen-bond acceptors (Lipinski definition) is 3. The Kier molecular flexibility index (Phi) is 5.52. The number of aromatic nitrogens is 1. The van der Waals surface area contributed by atoms with Gasteiger partial charge in [0.15, 0.2) is 5.75 Å². The van der Waals surface area contributed by atoms with Gasteiger partial charge in [-0.25, -0.2) is 0 Å². The summed E-state index contributed by atoms with van der Waals surface area (Å²) in [5.74, 6) is 1.38. The van der Waals surface area contributed by atoms with E-state index in [1.807, 2.05) is 79.9 Å². The number of pyridine rings is 1. The highest BCUT2D eigenvalue weighted by Gasteiger charge is 2.20. The van der Waals surface area contributed by atoms with Crippen LogP contribution in [0.2, 0.25) is 0 Å². The maximum atomic E-state index is 6.06. The van der Waals surface area contributed by atoms with Crippen LogP contribution < -0.4 is 19.0 Å². The molecule has 0 amide bonds. The van der Waals surface area contributed by atoms with Gasteiger partial charge in [0, 0.05) is 11.7 Å². The third kappa shape index (κ3) is 4.29. The monoisotopic (exact) mass is 336 g/mol. The summed E-state index contributed by atoms with van der Waals surface area (Å²) in [7, 11) is 1.62. The summed E-state index contributed by atoms with van der Waals surface area (Å²) in [6, 6.07) is 22.0. The number of rotatable bonds is 7. The predicted octanol–water partition coefficient (Wildman–Crippen LogP) is 3.50. The highest BCUT2D eigenvalue weighted by Crippen LogP contribution is 2.30. The molecule has 0 aliphatic rings. The van der Waals surface area contributed by atoms with Crippen molar-refractivity contribution in [2.75, 3.05) is 7.11 Å². The Labute approximate surface area is 148 Å². The summed E-state index contributed by atoms with van der Waals surface area (Å²) in [5, 5.41) is 0. The van der Waals surface area contributed by atoms with E-state index in [-0.39, 0.29) is 0 Å². The molecule has 4 nitrogen and oxygen atoms in total. The highest BCUT2D eigenvalue weighted by molar-refractivity contribution is 5.40. The van der Waals surface area contributed by atoms with E-state index in [1.165, 1.54) is 0 Å². The zero-order chi connectivity index (χ0) is 17.5. The molecule has 3 rings (SSSR count). The maximum Gasteiger partial charge on any atom is 0.276 e. The fourth-order valence-corrected chi connectivity index (χ4v) is 2.55. The minimum Gasteiger partial charge on any atom is -0.485 e. The summed E-state index contributed by atoms with van der Waals surface area (Å²) < 4.78 is 13.7. The van der Waals surface area contributed by atoms with Crippen LogP contribution in [0.15, 0.2) is 72.9 Å². The molecule has 0 aliphatic heterocycles. The van der Waals surface area contributed by atoms with Crippen molar-refractivity contribution in [1.82, 2.24) is 0 Å². The van der Waals surface area contributed by atoms with Gasteiger partial charge in [0.2, 0.25) is 11.9 Å². The predicted molar refractivity (Wildman–Crippen MR) is 95.4 cm³/mol. The standard InChI is InChI=1S/C21H22NO3/c1-17-21(25-16-19-11-7-4-8-12-19)20(13-14-22(17)23-2)24-15-18-9-5-3-6-10-18/h3-14H,15-16H2,1-2H3/q+1. The van der Waals surface area contributed by atoms with E-state index in [2.05, 4.69) is 0 Å². The second kappa shape index (κ2) is 8.20. The molecular formula is C21H22NO3+. The van der Waals surface area contributed by atoms with Crippen molar-refractivity contribution in [2.45, 2.75) is 20.1 Å². The van der Waals surface area contributed by atoms with Crippen molar-refractivity contribution >= 4 is 0 Å². The first-order valence-corrected chi connectivity index (χ1v) is 8.21. The molecule has 128 valence electrons. The summed E-state index contributed by atoms with van der Waals surface area (Å²) in [5.41, 5.74) is 3.06. The smallest absolute Gasteiger partial charge is 0.276 e. The largest absolute Gasteiger partial charge is 0.485 e. The Balaban J connectivity index is 1.80. The van der Waals surface area contributed by atoms with Crippen molar-refractivity contribution < 1.29 is 19.0 Å². The van der Waals surface area contributed by atoms with Crippen LogP contribution in [0.25, 0.3) is 0 Å². The Morgan fingerprint density at radius 3 is 1.88 bits per heavy atom. The van der Waals surface area contributed by atoms with Gasteiger partial charge in [0.1, 0.15) is 20.3 Å². The Bertz CT molecular complexity index is 804. The molecule has 25 heavy (non-hydrogen) atoms. The minimum absolute atomic E-state index is 0.469. The van der Waals surface area contributed by atoms with E-state index < -0.39 is 0 Å². The summed E-state index contributed by atoms with van der Waals surface area (Å²) in [6.45, 7) is 2.90. The Morgan fingerprint density at radius 2 is 1.32 bits per heavy atom. The first-order valence-electron chi connectivity index (χ1n) is 8.21. The lowest BCUT2D eigenvalue weighted by atomic mass is 10.2. The molecule has 4 heteroatoms. The van der Waals surface area contributed by atoms with Crippen molar-refractivity contribution in [3.05, 3.63) is 89.7 Å². The quantitative estimate of drug-likeness (QED) is 0.619. The summed E-state index contributed by atoms with van der Waals surface area (Å²) in [4.78, 5) is 5.34. The lowest BCUT2D eigenvalue weighted by molar-refractivity contribution is -0.889. The third-order valence-corrected chi connectivity index (χ3v) is 3.90. The van der Waals surface area contributed by atoms with Gasteiger partial charge < -0.3 is 9.47 Å². The maximum absolute atomic E-state index is 6.06. The van der Waals surface area contributed by atoms with Crippen molar-refractivity contribution in [3.8, 4) is 11.5 Å². The Hall–Kier alpha value is -3.01. The second-order valence-corrected chi connectivity index (χ2v) is 5.65. The van der Waals surface area contributed by atoms with Crippen LogP contribution in [0, 0.1) is 6.92 Å². The number of benzene rings is 2. The van der Waals surface area contributed by atoms with Gasteiger partial charge in [-0.1, -0.05) is 60.7 Å². The van der Waals surface area contributed by atoms with E-state index in [9.17, 15) is 0 Å². The van der Waals surface area contributed by atoms with Crippen molar-refractivity contribution in [3.63, 3.8) is 0 Å². The average molecular weight is 336 g/mol. The lowest BCUT2D eigenvalue weighted by Gasteiger charge is -2.13. The van der Waals surface area contributed by atoms with E-state index >= 15 is 0 Å². The van der Waals surface area contributed by atoms with Crippen LogP contribution >= 0.6 is 0 Å². The molecule has 0 N–H and O–H groups in total. The topological polar surface area (TPSA) is 31.6 Å². The van der Waals surface area contributed by atoms with Crippen LogP contribution in [0.3, 0.4) is 0 Å². The zero-order valence-corrected chi connectivity index (χ0v) is 14.5. The molecule has 0 fully saturated rings.